The number of rotatable bonds is 7. The third-order valence-corrected chi connectivity index (χ3v) is 5.01. The molecular weight excluding hydrogens is 274 g/mol. The van der Waals surface area contributed by atoms with Crippen LogP contribution in [-0.4, -0.2) is 12.8 Å². The molecule has 2 aromatic rings. The van der Waals surface area contributed by atoms with Gasteiger partial charge in [-0.25, -0.2) is 0 Å². The normalized spacial score (nSPS) is 12.3. The van der Waals surface area contributed by atoms with Crippen molar-refractivity contribution < 1.29 is 0 Å². The van der Waals surface area contributed by atoms with Gasteiger partial charge in [0.25, 0.3) is 0 Å². The highest BCUT2D eigenvalue weighted by atomic mass is 32.2. The Hall–Kier alpha value is -1.25. The largest absolute Gasteiger partial charge is 0.312 e. The Kier molecular flexibility index (Phi) is 6.34. The molecule has 1 atom stereocenters. The number of benzene rings is 2. The van der Waals surface area contributed by atoms with Gasteiger partial charge in [0, 0.05) is 16.7 Å². The van der Waals surface area contributed by atoms with E-state index in [0.717, 1.165) is 12.2 Å². The van der Waals surface area contributed by atoms with Gasteiger partial charge in [-0.05, 0) is 43.1 Å². The molecule has 0 bridgehead atoms. The second kappa shape index (κ2) is 8.26. The highest BCUT2D eigenvalue weighted by Gasteiger charge is 2.11. The standard InChI is InChI=1S/C19H25NS/c1-4-8-16-10-7-11-17(13-16)18(20-3)14-21-19-12-6-5-9-15(19)2/h5-7,9-13,18,20H,4,8,14H2,1-3H3. The fourth-order valence-corrected chi connectivity index (χ4v) is 3.67. The van der Waals surface area contributed by atoms with E-state index in [2.05, 4.69) is 74.7 Å². The summed E-state index contributed by atoms with van der Waals surface area (Å²) in [6, 6.07) is 18.0. The summed E-state index contributed by atoms with van der Waals surface area (Å²) < 4.78 is 0. The average Bonchev–Trinajstić information content (AvgIpc) is 2.50. The minimum absolute atomic E-state index is 0.395. The van der Waals surface area contributed by atoms with Gasteiger partial charge >= 0.3 is 0 Å². The van der Waals surface area contributed by atoms with Crippen molar-refractivity contribution in [2.24, 2.45) is 0 Å². The average molecular weight is 299 g/mol. The van der Waals surface area contributed by atoms with Crippen LogP contribution in [0.15, 0.2) is 53.4 Å². The lowest BCUT2D eigenvalue weighted by atomic mass is 10.0. The smallest absolute Gasteiger partial charge is 0.0413 e. The molecule has 0 amide bonds. The zero-order valence-corrected chi connectivity index (χ0v) is 14.0. The van der Waals surface area contributed by atoms with Crippen LogP contribution in [0, 0.1) is 6.92 Å². The maximum atomic E-state index is 3.46. The Morgan fingerprint density at radius 1 is 1.10 bits per heavy atom. The molecule has 0 aromatic heterocycles. The zero-order chi connectivity index (χ0) is 15.1. The molecule has 0 radical (unpaired) electrons. The first-order valence-corrected chi connectivity index (χ1v) is 8.67. The third kappa shape index (κ3) is 4.62. The van der Waals surface area contributed by atoms with Crippen LogP contribution in [0.25, 0.3) is 0 Å². The Labute approximate surface area is 133 Å². The van der Waals surface area contributed by atoms with Crippen LogP contribution >= 0.6 is 11.8 Å². The summed E-state index contributed by atoms with van der Waals surface area (Å²) in [5.74, 6) is 1.05. The first-order chi connectivity index (χ1) is 10.2. The lowest BCUT2D eigenvalue weighted by molar-refractivity contribution is 0.660. The van der Waals surface area contributed by atoms with Crippen LogP contribution in [0.1, 0.15) is 36.1 Å². The predicted molar refractivity (Wildman–Crippen MR) is 94.1 cm³/mol. The summed E-state index contributed by atoms with van der Waals surface area (Å²) in [5.41, 5.74) is 4.19. The van der Waals surface area contributed by atoms with E-state index < -0.39 is 0 Å². The van der Waals surface area contributed by atoms with Gasteiger partial charge in [-0.3, -0.25) is 0 Å². The summed E-state index contributed by atoms with van der Waals surface area (Å²) in [4.78, 5) is 1.38. The highest BCUT2D eigenvalue weighted by Crippen LogP contribution is 2.27. The summed E-state index contributed by atoms with van der Waals surface area (Å²) in [6.07, 6.45) is 2.36. The Morgan fingerprint density at radius 3 is 2.62 bits per heavy atom. The maximum absolute atomic E-state index is 3.46. The zero-order valence-electron chi connectivity index (χ0n) is 13.2. The Bertz CT molecular complexity index is 565. The molecule has 0 aliphatic rings. The minimum Gasteiger partial charge on any atom is -0.312 e. The van der Waals surface area contributed by atoms with Crippen molar-refractivity contribution in [3.63, 3.8) is 0 Å². The predicted octanol–water partition coefficient (Wildman–Crippen LogP) is 5.00. The van der Waals surface area contributed by atoms with Crippen LogP contribution in [0.5, 0.6) is 0 Å². The van der Waals surface area contributed by atoms with Crippen LogP contribution < -0.4 is 5.32 Å². The second-order valence-electron chi connectivity index (χ2n) is 5.41. The molecule has 112 valence electrons. The van der Waals surface area contributed by atoms with E-state index in [1.165, 1.54) is 28.0 Å². The van der Waals surface area contributed by atoms with Gasteiger partial charge in [-0.2, -0.15) is 0 Å². The van der Waals surface area contributed by atoms with E-state index in [9.17, 15) is 0 Å². The van der Waals surface area contributed by atoms with E-state index in [1.807, 2.05) is 11.8 Å². The van der Waals surface area contributed by atoms with Crippen LogP contribution in [0.4, 0.5) is 0 Å². The third-order valence-electron chi connectivity index (χ3n) is 3.74. The molecule has 0 aliphatic carbocycles. The minimum atomic E-state index is 0.395. The maximum Gasteiger partial charge on any atom is 0.0413 e. The molecular formula is C19H25NS. The fourth-order valence-electron chi connectivity index (χ4n) is 2.49. The highest BCUT2D eigenvalue weighted by molar-refractivity contribution is 7.99. The van der Waals surface area contributed by atoms with E-state index in [0.29, 0.717) is 6.04 Å². The fraction of sp³-hybridized carbons (Fsp3) is 0.368. The van der Waals surface area contributed by atoms with Crippen molar-refractivity contribution in [2.45, 2.75) is 37.6 Å². The van der Waals surface area contributed by atoms with E-state index in [4.69, 9.17) is 0 Å². The van der Waals surface area contributed by atoms with Crippen molar-refractivity contribution in [3.05, 3.63) is 65.2 Å². The van der Waals surface area contributed by atoms with Gasteiger partial charge in [0.1, 0.15) is 0 Å². The van der Waals surface area contributed by atoms with E-state index >= 15 is 0 Å². The molecule has 1 N–H and O–H groups in total. The number of hydrogen-bond acceptors (Lipinski definition) is 2. The molecule has 2 aromatic carbocycles. The topological polar surface area (TPSA) is 12.0 Å². The van der Waals surface area contributed by atoms with Crippen molar-refractivity contribution >= 4 is 11.8 Å². The van der Waals surface area contributed by atoms with Crippen LogP contribution in [0.3, 0.4) is 0 Å². The first kappa shape index (κ1) is 16.1. The number of thioether (sulfide) groups is 1. The van der Waals surface area contributed by atoms with Crippen molar-refractivity contribution in [1.82, 2.24) is 5.32 Å². The van der Waals surface area contributed by atoms with Gasteiger partial charge < -0.3 is 5.32 Å². The molecule has 0 saturated carbocycles. The monoisotopic (exact) mass is 299 g/mol. The molecule has 0 spiro atoms. The van der Waals surface area contributed by atoms with Crippen molar-refractivity contribution in [2.75, 3.05) is 12.8 Å². The van der Waals surface area contributed by atoms with Crippen molar-refractivity contribution in [1.29, 1.82) is 0 Å². The lowest BCUT2D eigenvalue weighted by Crippen LogP contribution is -2.18. The molecule has 1 unspecified atom stereocenters. The van der Waals surface area contributed by atoms with Crippen LogP contribution in [0.2, 0.25) is 0 Å². The second-order valence-corrected chi connectivity index (χ2v) is 6.47. The van der Waals surface area contributed by atoms with Gasteiger partial charge in [0.15, 0.2) is 0 Å². The summed E-state index contributed by atoms with van der Waals surface area (Å²) in [7, 11) is 2.05. The van der Waals surface area contributed by atoms with E-state index in [1.54, 1.807) is 0 Å². The molecule has 0 saturated heterocycles. The first-order valence-electron chi connectivity index (χ1n) is 7.69. The Balaban J connectivity index is 2.06. The molecule has 0 fully saturated rings. The lowest BCUT2D eigenvalue weighted by Gasteiger charge is -2.18. The number of hydrogen-bond donors (Lipinski definition) is 1. The summed E-state index contributed by atoms with van der Waals surface area (Å²) >= 11 is 1.93. The summed E-state index contributed by atoms with van der Waals surface area (Å²) in [5, 5.41) is 3.46. The molecule has 1 nitrogen and oxygen atoms in total. The number of aryl methyl sites for hydroxylation is 2. The molecule has 2 heteroatoms. The van der Waals surface area contributed by atoms with Gasteiger partial charge in [-0.1, -0.05) is 55.8 Å². The van der Waals surface area contributed by atoms with E-state index in [-0.39, 0.29) is 0 Å². The Morgan fingerprint density at radius 2 is 1.90 bits per heavy atom. The summed E-state index contributed by atoms with van der Waals surface area (Å²) in [6.45, 7) is 4.41. The molecule has 21 heavy (non-hydrogen) atoms. The quantitative estimate of drug-likeness (QED) is 0.722. The van der Waals surface area contributed by atoms with Gasteiger partial charge in [-0.15, -0.1) is 11.8 Å². The molecule has 0 heterocycles. The SMILES string of the molecule is CCCc1cccc(C(CSc2ccccc2C)NC)c1. The van der Waals surface area contributed by atoms with Gasteiger partial charge in [0.05, 0.1) is 0 Å². The van der Waals surface area contributed by atoms with Crippen LogP contribution in [-0.2, 0) is 6.42 Å². The molecule has 2 rings (SSSR count). The molecule has 0 aliphatic heterocycles. The van der Waals surface area contributed by atoms with Gasteiger partial charge in [0.2, 0.25) is 0 Å². The number of nitrogens with one attached hydrogen (secondary N) is 1. The van der Waals surface area contributed by atoms with Crippen molar-refractivity contribution in [3.8, 4) is 0 Å².